The zero-order valence-corrected chi connectivity index (χ0v) is 10.3. The first-order chi connectivity index (χ1) is 8.49. The fraction of sp³-hybridized carbons (Fsp3) is 0.133. The molecule has 18 heavy (non-hydrogen) atoms. The first-order valence-electron chi connectivity index (χ1n) is 5.63. The van der Waals surface area contributed by atoms with Crippen molar-refractivity contribution in [3.8, 4) is 16.9 Å². The van der Waals surface area contributed by atoms with E-state index in [9.17, 15) is 9.90 Å². The second-order valence-corrected chi connectivity index (χ2v) is 4.36. The lowest BCUT2D eigenvalue weighted by atomic mass is 9.97. The van der Waals surface area contributed by atoms with Crippen molar-refractivity contribution in [1.82, 2.24) is 0 Å². The fourth-order valence-electron chi connectivity index (χ4n) is 2.01. The Morgan fingerprint density at radius 1 is 1.06 bits per heavy atom. The summed E-state index contributed by atoms with van der Waals surface area (Å²) in [5, 5.41) is 18.5. The summed E-state index contributed by atoms with van der Waals surface area (Å²) in [5.74, 6) is -1.34. The van der Waals surface area contributed by atoms with Gasteiger partial charge in [-0.05, 0) is 42.7 Å². The Morgan fingerprint density at radius 3 is 2.39 bits per heavy atom. The van der Waals surface area contributed by atoms with E-state index in [-0.39, 0.29) is 11.3 Å². The van der Waals surface area contributed by atoms with E-state index in [0.29, 0.717) is 0 Å². The van der Waals surface area contributed by atoms with Crippen molar-refractivity contribution in [2.45, 2.75) is 13.8 Å². The predicted octanol–water partition coefficient (Wildman–Crippen LogP) is 3.37. The molecule has 0 saturated heterocycles. The van der Waals surface area contributed by atoms with Crippen molar-refractivity contribution >= 4 is 5.97 Å². The summed E-state index contributed by atoms with van der Waals surface area (Å²) in [6, 6.07) is 10.6. The van der Waals surface area contributed by atoms with Crippen LogP contribution in [-0.4, -0.2) is 16.2 Å². The molecule has 0 heterocycles. The minimum Gasteiger partial charge on any atom is -0.507 e. The van der Waals surface area contributed by atoms with Crippen molar-refractivity contribution < 1.29 is 15.0 Å². The van der Waals surface area contributed by atoms with Crippen LogP contribution in [0.1, 0.15) is 21.5 Å². The van der Waals surface area contributed by atoms with Crippen molar-refractivity contribution in [2.24, 2.45) is 0 Å². The molecular weight excluding hydrogens is 228 g/mol. The molecule has 2 aromatic carbocycles. The third-order valence-corrected chi connectivity index (χ3v) is 2.92. The van der Waals surface area contributed by atoms with Gasteiger partial charge in [0.1, 0.15) is 11.3 Å². The third-order valence-electron chi connectivity index (χ3n) is 2.92. The second-order valence-electron chi connectivity index (χ2n) is 4.36. The molecule has 0 aliphatic carbocycles. The van der Waals surface area contributed by atoms with E-state index in [1.165, 1.54) is 12.1 Å². The average molecular weight is 242 g/mol. The summed E-state index contributed by atoms with van der Waals surface area (Å²) in [4.78, 5) is 11.0. The molecule has 0 aliphatic rings. The minimum atomic E-state index is -1.13. The molecule has 0 atom stereocenters. The van der Waals surface area contributed by atoms with Gasteiger partial charge in [0.05, 0.1) is 0 Å². The van der Waals surface area contributed by atoms with Crippen molar-refractivity contribution in [3.63, 3.8) is 0 Å². The highest BCUT2D eigenvalue weighted by atomic mass is 16.4. The van der Waals surface area contributed by atoms with Gasteiger partial charge in [0.15, 0.2) is 0 Å². The van der Waals surface area contributed by atoms with E-state index >= 15 is 0 Å². The number of phenols is 1. The van der Waals surface area contributed by atoms with Crippen LogP contribution in [0, 0.1) is 13.8 Å². The van der Waals surface area contributed by atoms with Crippen LogP contribution in [-0.2, 0) is 0 Å². The second kappa shape index (κ2) is 4.53. The van der Waals surface area contributed by atoms with Crippen LogP contribution < -0.4 is 0 Å². The molecule has 0 fully saturated rings. The maximum Gasteiger partial charge on any atom is 0.339 e. The number of benzene rings is 2. The zero-order valence-electron chi connectivity index (χ0n) is 10.3. The highest BCUT2D eigenvalue weighted by Crippen LogP contribution is 2.28. The molecule has 2 rings (SSSR count). The number of hydrogen-bond acceptors (Lipinski definition) is 2. The van der Waals surface area contributed by atoms with Crippen LogP contribution in [0.3, 0.4) is 0 Å². The monoisotopic (exact) mass is 242 g/mol. The molecule has 0 aliphatic heterocycles. The van der Waals surface area contributed by atoms with Crippen LogP contribution in [0.2, 0.25) is 0 Å². The highest BCUT2D eigenvalue weighted by Gasteiger charge is 2.11. The first kappa shape index (κ1) is 12.2. The normalized spacial score (nSPS) is 10.3. The van der Waals surface area contributed by atoms with Gasteiger partial charge >= 0.3 is 5.97 Å². The largest absolute Gasteiger partial charge is 0.507 e. The van der Waals surface area contributed by atoms with Crippen molar-refractivity contribution in [1.29, 1.82) is 0 Å². The number of aryl methyl sites for hydroxylation is 2. The molecule has 2 aromatic rings. The molecule has 2 N–H and O–H groups in total. The quantitative estimate of drug-likeness (QED) is 0.848. The SMILES string of the molecule is Cc1ccc(-c2ccc(O)c(C(=O)O)c2)c(C)c1. The lowest BCUT2D eigenvalue weighted by molar-refractivity contribution is 0.0694. The van der Waals surface area contributed by atoms with Crippen LogP contribution in [0.5, 0.6) is 5.75 Å². The van der Waals surface area contributed by atoms with E-state index in [2.05, 4.69) is 0 Å². The van der Waals surface area contributed by atoms with E-state index in [1.54, 1.807) is 6.07 Å². The Hall–Kier alpha value is -2.29. The van der Waals surface area contributed by atoms with E-state index in [0.717, 1.165) is 22.3 Å². The number of hydrogen-bond donors (Lipinski definition) is 2. The predicted molar refractivity (Wildman–Crippen MR) is 70.0 cm³/mol. The zero-order chi connectivity index (χ0) is 13.3. The summed E-state index contributed by atoms with van der Waals surface area (Å²) >= 11 is 0. The van der Waals surface area contributed by atoms with Crippen LogP contribution >= 0.6 is 0 Å². The Balaban J connectivity index is 2.58. The van der Waals surface area contributed by atoms with Crippen LogP contribution in [0.15, 0.2) is 36.4 Å². The molecule has 3 nitrogen and oxygen atoms in total. The summed E-state index contributed by atoms with van der Waals surface area (Å²) in [6.07, 6.45) is 0. The van der Waals surface area contributed by atoms with E-state index < -0.39 is 5.97 Å². The van der Waals surface area contributed by atoms with Gasteiger partial charge in [-0.2, -0.15) is 0 Å². The Kier molecular flexibility index (Phi) is 3.06. The Bertz CT molecular complexity index is 615. The van der Waals surface area contributed by atoms with Crippen LogP contribution in [0.25, 0.3) is 11.1 Å². The number of aromatic hydroxyl groups is 1. The van der Waals surface area contributed by atoms with E-state index in [1.807, 2.05) is 32.0 Å². The first-order valence-corrected chi connectivity index (χ1v) is 5.63. The van der Waals surface area contributed by atoms with Crippen LogP contribution in [0.4, 0.5) is 0 Å². The molecule has 3 heteroatoms. The maximum absolute atomic E-state index is 11.0. The standard InChI is InChI=1S/C15H14O3/c1-9-3-5-12(10(2)7-9)11-4-6-14(16)13(8-11)15(17)18/h3-8,16H,1-2H3,(H,17,18). The van der Waals surface area contributed by atoms with Crippen molar-refractivity contribution in [2.75, 3.05) is 0 Å². The van der Waals surface area contributed by atoms with Gasteiger partial charge in [0.2, 0.25) is 0 Å². The molecule has 0 bridgehead atoms. The Labute approximate surface area is 105 Å². The van der Waals surface area contributed by atoms with Crippen molar-refractivity contribution in [3.05, 3.63) is 53.1 Å². The molecule has 92 valence electrons. The van der Waals surface area contributed by atoms with Gasteiger partial charge < -0.3 is 10.2 Å². The third kappa shape index (κ3) is 2.20. The smallest absolute Gasteiger partial charge is 0.339 e. The number of rotatable bonds is 2. The summed E-state index contributed by atoms with van der Waals surface area (Å²) in [5.41, 5.74) is 3.93. The summed E-state index contributed by atoms with van der Waals surface area (Å²) in [7, 11) is 0. The van der Waals surface area contributed by atoms with Gasteiger partial charge in [-0.3, -0.25) is 0 Å². The Morgan fingerprint density at radius 2 is 1.78 bits per heavy atom. The molecule has 0 aromatic heterocycles. The van der Waals surface area contributed by atoms with Gasteiger partial charge in [-0.15, -0.1) is 0 Å². The fourth-order valence-corrected chi connectivity index (χ4v) is 2.01. The van der Waals surface area contributed by atoms with Gasteiger partial charge in [0.25, 0.3) is 0 Å². The number of carboxylic acids is 1. The van der Waals surface area contributed by atoms with Gasteiger partial charge in [-0.1, -0.05) is 29.8 Å². The van der Waals surface area contributed by atoms with Gasteiger partial charge in [-0.25, -0.2) is 4.79 Å². The summed E-state index contributed by atoms with van der Waals surface area (Å²) < 4.78 is 0. The van der Waals surface area contributed by atoms with E-state index in [4.69, 9.17) is 5.11 Å². The molecule has 0 radical (unpaired) electrons. The molecule has 0 unspecified atom stereocenters. The molecular formula is C15H14O3. The number of carboxylic acid groups (broad SMARTS) is 1. The van der Waals surface area contributed by atoms with Gasteiger partial charge in [0, 0.05) is 0 Å². The summed E-state index contributed by atoms with van der Waals surface area (Å²) in [6.45, 7) is 3.99. The number of aromatic carboxylic acids is 1. The minimum absolute atomic E-state index is 0.0764. The highest BCUT2D eigenvalue weighted by molar-refractivity contribution is 5.92. The average Bonchev–Trinajstić information content (AvgIpc) is 2.30. The molecule has 0 spiro atoms. The molecule has 0 saturated carbocycles. The lowest BCUT2D eigenvalue weighted by Crippen LogP contribution is -1.97. The maximum atomic E-state index is 11.0. The topological polar surface area (TPSA) is 57.5 Å². The number of carbonyl (C=O) groups is 1. The lowest BCUT2D eigenvalue weighted by Gasteiger charge is -2.09. The molecule has 0 amide bonds.